The molecule has 0 radical (unpaired) electrons. The number of hydrogen-bond acceptors (Lipinski definition) is 4. The zero-order valence-corrected chi connectivity index (χ0v) is 15.4. The SMILES string of the molecule is COc1ccccc1OCCCC(=O)Oc1ccc(C(C)(C)C)cc1. The Labute approximate surface area is 149 Å². The Bertz CT molecular complexity index is 684. The van der Waals surface area contributed by atoms with Gasteiger partial charge in [0.2, 0.25) is 0 Å². The van der Waals surface area contributed by atoms with Crippen LogP contribution in [0, 0.1) is 0 Å². The third kappa shape index (κ3) is 5.82. The third-order valence-electron chi connectivity index (χ3n) is 3.80. The Hall–Kier alpha value is -2.49. The summed E-state index contributed by atoms with van der Waals surface area (Å²) < 4.78 is 16.2. The molecule has 0 atom stereocenters. The quantitative estimate of drug-likeness (QED) is 0.413. The molecule has 2 aromatic rings. The van der Waals surface area contributed by atoms with E-state index in [9.17, 15) is 4.79 Å². The summed E-state index contributed by atoms with van der Waals surface area (Å²) >= 11 is 0. The first-order valence-corrected chi connectivity index (χ1v) is 8.47. The molecular weight excluding hydrogens is 316 g/mol. The maximum atomic E-state index is 11.9. The Morgan fingerprint density at radius 1 is 0.960 bits per heavy atom. The normalized spacial score (nSPS) is 11.0. The van der Waals surface area contributed by atoms with E-state index in [1.54, 1.807) is 7.11 Å². The minimum absolute atomic E-state index is 0.0817. The molecule has 25 heavy (non-hydrogen) atoms. The zero-order valence-electron chi connectivity index (χ0n) is 15.4. The molecule has 0 aliphatic heterocycles. The van der Waals surface area contributed by atoms with Crippen LogP contribution >= 0.6 is 0 Å². The molecule has 4 heteroatoms. The van der Waals surface area contributed by atoms with Crippen molar-refractivity contribution in [3.8, 4) is 17.2 Å². The number of rotatable bonds is 7. The van der Waals surface area contributed by atoms with Crippen LogP contribution in [-0.2, 0) is 10.2 Å². The second-order valence-corrected chi connectivity index (χ2v) is 6.85. The van der Waals surface area contributed by atoms with Gasteiger partial charge in [-0.1, -0.05) is 45.0 Å². The van der Waals surface area contributed by atoms with Gasteiger partial charge in [0.05, 0.1) is 13.7 Å². The highest BCUT2D eigenvalue weighted by molar-refractivity contribution is 5.72. The molecule has 4 nitrogen and oxygen atoms in total. The van der Waals surface area contributed by atoms with Crippen molar-refractivity contribution >= 4 is 5.97 Å². The molecule has 134 valence electrons. The van der Waals surface area contributed by atoms with Crippen molar-refractivity contribution in [2.24, 2.45) is 0 Å². The number of esters is 1. The van der Waals surface area contributed by atoms with Crippen LogP contribution in [0.5, 0.6) is 17.2 Å². The molecular formula is C21H26O4. The number of carbonyl (C=O) groups excluding carboxylic acids is 1. The molecule has 2 rings (SSSR count). The summed E-state index contributed by atoms with van der Waals surface area (Å²) in [7, 11) is 1.60. The third-order valence-corrected chi connectivity index (χ3v) is 3.80. The van der Waals surface area contributed by atoms with Gasteiger partial charge in [0.25, 0.3) is 0 Å². The van der Waals surface area contributed by atoms with Gasteiger partial charge in [0.15, 0.2) is 11.5 Å². The van der Waals surface area contributed by atoms with Crippen LogP contribution in [0.15, 0.2) is 48.5 Å². The van der Waals surface area contributed by atoms with Crippen LogP contribution in [0.25, 0.3) is 0 Å². The average Bonchev–Trinajstić information content (AvgIpc) is 2.58. The van der Waals surface area contributed by atoms with Gasteiger partial charge in [0, 0.05) is 6.42 Å². The van der Waals surface area contributed by atoms with Gasteiger partial charge in [-0.2, -0.15) is 0 Å². The molecule has 2 aromatic carbocycles. The summed E-state index contributed by atoms with van der Waals surface area (Å²) in [5, 5.41) is 0. The molecule has 0 saturated heterocycles. The van der Waals surface area contributed by atoms with Gasteiger partial charge in [-0.3, -0.25) is 4.79 Å². The van der Waals surface area contributed by atoms with Crippen LogP contribution in [-0.4, -0.2) is 19.7 Å². The molecule has 0 N–H and O–H groups in total. The largest absolute Gasteiger partial charge is 0.493 e. The monoisotopic (exact) mass is 342 g/mol. The Kier molecular flexibility index (Phi) is 6.45. The summed E-state index contributed by atoms with van der Waals surface area (Å²) in [6.07, 6.45) is 0.882. The van der Waals surface area contributed by atoms with E-state index in [1.165, 1.54) is 5.56 Å². The highest BCUT2D eigenvalue weighted by Gasteiger charge is 2.13. The van der Waals surface area contributed by atoms with Crippen molar-refractivity contribution in [3.63, 3.8) is 0 Å². The molecule has 0 aliphatic rings. The summed E-state index contributed by atoms with van der Waals surface area (Å²) in [5.41, 5.74) is 1.29. The molecule has 0 amide bonds. The first-order valence-electron chi connectivity index (χ1n) is 8.47. The summed E-state index contributed by atoms with van der Waals surface area (Å²) in [6.45, 7) is 6.87. The molecule has 0 bridgehead atoms. The number of para-hydroxylation sites is 2. The average molecular weight is 342 g/mol. The van der Waals surface area contributed by atoms with Crippen LogP contribution in [0.2, 0.25) is 0 Å². The van der Waals surface area contributed by atoms with Crippen LogP contribution < -0.4 is 14.2 Å². The van der Waals surface area contributed by atoms with E-state index in [2.05, 4.69) is 20.8 Å². The fraction of sp³-hybridized carbons (Fsp3) is 0.381. The number of benzene rings is 2. The summed E-state index contributed by atoms with van der Waals surface area (Å²) in [6, 6.07) is 15.1. The van der Waals surface area contributed by atoms with Gasteiger partial charge < -0.3 is 14.2 Å². The number of ether oxygens (including phenoxy) is 3. The molecule has 0 heterocycles. The van der Waals surface area contributed by atoms with Gasteiger partial charge in [-0.05, 0) is 41.7 Å². The fourth-order valence-corrected chi connectivity index (χ4v) is 2.34. The van der Waals surface area contributed by atoms with Crippen molar-refractivity contribution in [2.75, 3.05) is 13.7 Å². The number of hydrogen-bond donors (Lipinski definition) is 0. The molecule has 0 saturated carbocycles. The molecule has 0 aliphatic carbocycles. The Balaban J connectivity index is 1.75. The van der Waals surface area contributed by atoms with Crippen molar-refractivity contribution in [1.29, 1.82) is 0 Å². The minimum Gasteiger partial charge on any atom is -0.493 e. The predicted molar refractivity (Wildman–Crippen MR) is 98.5 cm³/mol. The lowest BCUT2D eigenvalue weighted by Gasteiger charge is -2.19. The Morgan fingerprint density at radius 3 is 2.20 bits per heavy atom. The van der Waals surface area contributed by atoms with Crippen molar-refractivity contribution in [3.05, 3.63) is 54.1 Å². The van der Waals surface area contributed by atoms with E-state index >= 15 is 0 Å². The lowest BCUT2D eigenvalue weighted by molar-refractivity contribution is -0.134. The second kappa shape index (κ2) is 8.56. The minimum atomic E-state index is -0.257. The predicted octanol–water partition coefficient (Wildman–Crippen LogP) is 4.76. The molecule has 0 fully saturated rings. The van der Waals surface area contributed by atoms with Crippen molar-refractivity contribution in [2.45, 2.75) is 39.0 Å². The van der Waals surface area contributed by atoms with Crippen LogP contribution in [0.3, 0.4) is 0 Å². The van der Waals surface area contributed by atoms with Gasteiger partial charge in [-0.25, -0.2) is 0 Å². The van der Waals surface area contributed by atoms with E-state index in [1.807, 2.05) is 48.5 Å². The van der Waals surface area contributed by atoms with Crippen LogP contribution in [0.4, 0.5) is 0 Å². The summed E-state index contributed by atoms with van der Waals surface area (Å²) in [4.78, 5) is 11.9. The maximum absolute atomic E-state index is 11.9. The summed E-state index contributed by atoms with van der Waals surface area (Å²) in [5.74, 6) is 1.68. The van der Waals surface area contributed by atoms with Crippen molar-refractivity contribution in [1.82, 2.24) is 0 Å². The van der Waals surface area contributed by atoms with E-state index in [4.69, 9.17) is 14.2 Å². The highest BCUT2D eigenvalue weighted by Crippen LogP contribution is 2.26. The standard InChI is InChI=1S/C21H26O4/c1-21(2,3)16-11-13-17(14-12-16)25-20(22)10-7-15-24-19-9-6-5-8-18(19)23-4/h5-6,8-9,11-14H,7,10,15H2,1-4H3. The molecule has 0 aromatic heterocycles. The Morgan fingerprint density at radius 2 is 1.60 bits per heavy atom. The molecule has 0 spiro atoms. The molecule has 0 unspecified atom stereocenters. The smallest absolute Gasteiger partial charge is 0.311 e. The number of carbonyl (C=O) groups is 1. The van der Waals surface area contributed by atoms with Gasteiger partial charge in [-0.15, -0.1) is 0 Å². The van der Waals surface area contributed by atoms with Crippen LogP contribution in [0.1, 0.15) is 39.2 Å². The van der Waals surface area contributed by atoms with E-state index in [-0.39, 0.29) is 11.4 Å². The first kappa shape index (κ1) is 18.8. The lowest BCUT2D eigenvalue weighted by atomic mass is 9.87. The first-order chi connectivity index (χ1) is 11.9. The number of methoxy groups -OCH3 is 1. The highest BCUT2D eigenvalue weighted by atomic mass is 16.5. The zero-order chi connectivity index (χ0) is 18.3. The van der Waals surface area contributed by atoms with Gasteiger partial charge >= 0.3 is 5.97 Å². The van der Waals surface area contributed by atoms with Crippen molar-refractivity contribution < 1.29 is 19.0 Å². The second-order valence-electron chi connectivity index (χ2n) is 6.85. The van der Waals surface area contributed by atoms with E-state index in [0.29, 0.717) is 36.7 Å². The maximum Gasteiger partial charge on any atom is 0.311 e. The van der Waals surface area contributed by atoms with E-state index < -0.39 is 0 Å². The van der Waals surface area contributed by atoms with Gasteiger partial charge in [0.1, 0.15) is 5.75 Å². The van der Waals surface area contributed by atoms with E-state index in [0.717, 1.165) is 0 Å². The lowest BCUT2D eigenvalue weighted by Crippen LogP contribution is -2.12. The topological polar surface area (TPSA) is 44.8 Å². The fourth-order valence-electron chi connectivity index (χ4n) is 2.34.